The fraction of sp³-hybridized carbons (Fsp3) is 0.909. The van der Waals surface area contributed by atoms with E-state index >= 15 is 0 Å². The van der Waals surface area contributed by atoms with Crippen LogP contribution in [0.5, 0.6) is 0 Å². The number of esters is 1. The second kappa shape index (κ2) is 4.94. The van der Waals surface area contributed by atoms with E-state index in [2.05, 4.69) is 10.2 Å². The smallest absolute Gasteiger partial charge is 0.324 e. The highest BCUT2D eigenvalue weighted by atomic mass is 16.5. The summed E-state index contributed by atoms with van der Waals surface area (Å²) in [6.45, 7) is 6.12. The van der Waals surface area contributed by atoms with Crippen LogP contribution in [0.2, 0.25) is 0 Å². The number of rotatable bonds is 4. The van der Waals surface area contributed by atoms with E-state index in [0.717, 1.165) is 32.1 Å². The molecule has 0 aromatic rings. The number of nitrogens with one attached hydrogen (secondary N) is 1. The van der Waals surface area contributed by atoms with E-state index in [0.29, 0.717) is 6.61 Å². The highest BCUT2D eigenvalue weighted by Crippen LogP contribution is 2.30. The van der Waals surface area contributed by atoms with E-state index in [4.69, 9.17) is 4.74 Å². The molecule has 1 aliphatic carbocycles. The van der Waals surface area contributed by atoms with Crippen LogP contribution < -0.4 is 5.32 Å². The second-order valence-electron chi connectivity index (χ2n) is 4.41. The summed E-state index contributed by atoms with van der Waals surface area (Å²) in [5.41, 5.74) is 0. The normalized spacial score (nSPS) is 27.7. The van der Waals surface area contributed by atoms with Crippen LogP contribution in [0.4, 0.5) is 0 Å². The van der Waals surface area contributed by atoms with E-state index in [-0.39, 0.29) is 12.0 Å². The molecule has 0 bridgehead atoms. The van der Waals surface area contributed by atoms with Crippen molar-refractivity contribution in [2.75, 3.05) is 32.8 Å². The first-order valence-corrected chi connectivity index (χ1v) is 5.92. The third kappa shape index (κ3) is 2.92. The zero-order valence-corrected chi connectivity index (χ0v) is 9.37. The van der Waals surface area contributed by atoms with Crippen LogP contribution in [-0.4, -0.2) is 49.7 Å². The number of hydrogen-bond donors (Lipinski definition) is 1. The minimum Gasteiger partial charge on any atom is -0.465 e. The number of nitrogens with zero attached hydrogens (tertiary/aromatic N) is 1. The molecule has 4 nitrogen and oxygen atoms in total. The molecule has 15 heavy (non-hydrogen) atoms. The largest absolute Gasteiger partial charge is 0.465 e. The summed E-state index contributed by atoms with van der Waals surface area (Å²) in [5, 5.41) is 3.26. The molecule has 1 saturated carbocycles. The van der Waals surface area contributed by atoms with Gasteiger partial charge in [-0.25, -0.2) is 0 Å². The first-order chi connectivity index (χ1) is 7.31. The minimum absolute atomic E-state index is 0.0562. The number of ether oxygens (including phenoxy) is 1. The lowest BCUT2D eigenvalue weighted by Crippen LogP contribution is -2.55. The van der Waals surface area contributed by atoms with Gasteiger partial charge in [0.25, 0.3) is 0 Å². The summed E-state index contributed by atoms with van der Waals surface area (Å²) in [4.78, 5) is 14.0. The van der Waals surface area contributed by atoms with Gasteiger partial charge in [0.1, 0.15) is 6.04 Å². The Morgan fingerprint density at radius 1 is 1.53 bits per heavy atom. The topological polar surface area (TPSA) is 41.6 Å². The van der Waals surface area contributed by atoms with Gasteiger partial charge in [-0.05, 0) is 25.7 Å². The average Bonchev–Trinajstić information content (AvgIpc) is 3.03. The van der Waals surface area contributed by atoms with Gasteiger partial charge in [0, 0.05) is 26.2 Å². The van der Waals surface area contributed by atoms with Crippen molar-refractivity contribution in [3.8, 4) is 0 Å². The van der Waals surface area contributed by atoms with Crippen molar-refractivity contribution in [3.63, 3.8) is 0 Å². The summed E-state index contributed by atoms with van der Waals surface area (Å²) in [5.74, 6) is 0.769. The molecule has 1 atom stereocenters. The lowest BCUT2D eigenvalue weighted by Gasteiger charge is -2.34. The van der Waals surface area contributed by atoms with E-state index in [1.165, 1.54) is 12.8 Å². The molecule has 1 saturated heterocycles. The van der Waals surface area contributed by atoms with Crippen molar-refractivity contribution in [1.29, 1.82) is 0 Å². The Labute approximate surface area is 91.0 Å². The summed E-state index contributed by atoms with van der Waals surface area (Å²) < 4.78 is 5.09. The standard InChI is InChI=1S/C11H20N2O2/c1-2-15-11(14)10-7-12-5-6-13(10)8-9-3-4-9/h9-10,12H,2-8H2,1H3. The molecular formula is C11H20N2O2. The molecule has 2 aliphatic rings. The van der Waals surface area contributed by atoms with Crippen LogP contribution in [0.25, 0.3) is 0 Å². The Hall–Kier alpha value is -0.610. The van der Waals surface area contributed by atoms with Gasteiger partial charge in [0.2, 0.25) is 0 Å². The minimum atomic E-state index is -0.0645. The Kier molecular flexibility index (Phi) is 3.59. The SMILES string of the molecule is CCOC(=O)C1CNCCN1CC1CC1. The summed E-state index contributed by atoms with van der Waals surface area (Å²) in [6.07, 6.45) is 2.67. The molecule has 1 heterocycles. The van der Waals surface area contributed by atoms with Crippen molar-refractivity contribution < 1.29 is 9.53 Å². The maximum atomic E-state index is 11.7. The zero-order valence-electron chi connectivity index (χ0n) is 9.37. The molecule has 1 N–H and O–H groups in total. The van der Waals surface area contributed by atoms with Crippen LogP contribution >= 0.6 is 0 Å². The van der Waals surface area contributed by atoms with Gasteiger partial charge in [-0.15, -0.1) is 0 Å². The fourth-order valence-electron chi connectivity index (χ4n) is 2.07. The number of piperazine rings is 1. The summed E-state index contributed by atoms with van der Waals surface area (Å²) in [7, 11) is 0. The molecule has 0 aromatic heterocycles. The zero-order chi connectivity index (χ0) is 10.7. The predicted octanol–water partition coefficient (Wildman–Crippen LogP) is 0.233. The maximum absolute atomic E-state index is 11.7. The van der Waals surface area contributed by atoms with Crippen molar-refractivity contribution in [1.82, 2.24) is 10.2 Å². The molecule has 1 aliphatic heterocycles. The average molecular weight is 212 g/mol. The van der Waals surface area contributed by atoms with Gasteiger partial charge in [-0.2, -0.15) is 0 Å². The molecule has 86 valence electrons. The van der Waals surface area contributed by atoms with Crippen molar-refractivity contribution in [2.45, 2.75) is 25.8 Å². The van der Waals surface area contributed by atoms with Crippen LogP contribution in [0.15, 0.2) is 0 Å². The first-order valence-electron chi connectivity index (χ1n) is 5.92. The van der Waals surface area contributed by atoms with E-state index < -0.39 is 0 Å². The van der Waals surface area contributed by atoms with E-state index in [9.17, 15) is 4.79 Å². The van der Waals surface area contributed by atoms with Gasteiger partial charge in [-0.1, -0.05) is 0 Å². The Morgan fingerprint density at radius 3 is 3.00 bits per heavy atom. The van der Waals surface area contributed by atoms with Crippen LogP contribution in [0.3, 0.4) is 0 Å². The first kappa shape index (κ1) is 10.9. The molecule has 0 spiro atoms. The second-order valence-corrected chi connectivity index (χ2v) is 4.41. The van der Waals surface area contributed by atoms with Crippen molar-refractivity contribution in [2.24, 2.45) is 5.92 Å². The van der Waals surface area contributed by atoms with Gasteiger partial charge in [0.05, 0.1) is 6.61 Å². The Balaban J connectivity index is 1.88. The Bertz CT molecular complexity index is 229. The van der Waals surface area contributed by atoms with E-state index in [1.54, 1.807) is 0 Å². The van der Waals surface area contributed by atoms with Crippen LogP contribution in [0.1, 0.15) is 19.8 Å². The maximum Gasteiger partial charge on any atom is 0.324 e. The highest BCUT2D eigenvalue weighted by molar-refractivity contribution is 5.76. The van der Waals surface area contributed by atoms with Crippen molar-refractivity contribution >= 4 is 5.97 Å². The molecule has 0 amide bonds. The monoisotopic (exact) mass is 212 g/mol. The van der Waals surface area contributed by atoms with Gasteiger partial charge >= 0.3 is 5.97 Å². The van der Waals surface area contributed by atoms with Crippen LogP contribution in [0, 0.1) is 5.92 Å². The molecule has 2 rings (SSSR count). The molecule has 4 heteroatoms. The number of hydrogen-bond acceptors (Lipinski definition) is 4. The van der Waals surface area contributed by atoms with Gasteiger partial charge < -0.3 is 10.1 Å². The lowest BCUT2D eigenvalue weighted by atomic mass is 10.2. The third-order valence-corrected chi connectivity index (χ3v) is 3.10. The molecule has 2 fully saturated rings. The van der Waals surface area contributed by atoms with Crippen molar-refractivity contribution in [3.05, 3.63) is 0 Å². The molecule has 0 aromatic carbocycles. The number of carbonyl (C=O) groups is 1. The van der Waals surface area contributed by atoms with Gasteiger partial charge in [0.15, 0.2) is 0 Å². The fourth-order valence-corrected chi connectivity index (χ4v) is 2.07. The molecular weight excluding hydrogens is 192 g/mol. The van der Waals surface area contributed by atoms with Crippen LogP contribution in [-0.2, 0) is 9.53 Å². The summed E-state index contributed by atoms with van der Waals surface area (Å²) in [6, 6.07) is -0.0562. The quantitative estimate of drug-likeness (QED) is 0.678. The lowest BCUT2D eigenvalue weighted by molar-refractivity contribution is -0.150. The highest BCUT2D eigenvalue weighted by Gasteiger charge is 2.33. The third-order valence-electron chi connectivity index (χ3n) is 3.10. The number of carbonyl (C=O) groups excluding carboxylic acids is 1. The Morgan fingerprint density at radius 2 is 2.33 bits per heavy atom. The molecule has 0 radical (unpaired) electrons. The summed E-state index contributed by atoms with van der Waals surface area (Å²) >= 11 is 0. The predicted molar refractivity (Wildman–Crippen MR) is 57.6 cm³/mol. The van der Waals surface area contributed by atoms with Gasteiger partial charge in [-0.3, -0.25) is 9.69 Å². The molecule has 1 unspecified atom stereocenters. The van der Waals surface area contributed by atoms with E-state index in [1.807, 2.05) is 6.92 Å².